The van der Waals surface area contributed by atoms with Gasteiger partial charge in [0, 0.05) is 31.6 Å². The maximum Gasteiger partial charge on any atom is 0.158 e. The van der Waals surface area contributed by atoms with E-state index in [-0.39, 0.29) is 6.04 Å². The highest BCUT2D eigenvalue weighted by molar-refractivity contribution is 7.10. The molecule has 2 rings (SSSR count). The fourth-order valence-corrected chi connectivity index (χ4v) is 2.79. The normalized spacial score (nSPS) is 12.2. The van der Waals surface area contributed by atoms with Crippen LogP contribution in [-0.4, -0.2) is 30.7 Å². The van der Waals surface area contributed by atoms with E-state index < -0.39 is 0 Å². The van der Waals surface area contributed by atoms with Gasteiger partial charge in [0.25, 0.3) is 0 Å². The zero-order valence-corrected chi connectivity index (χ0v) is 13.8. The largest absolute Gasteiger partial charge is 0.374 e. The van der Waals surface area contributed by atoms with Crippen LogP contribution in [0.3, 0.4) is 0 Å². The fraction of sp³-hybridized carbons (Fsp3) is 0.467. The number of rotatable bonds is 7. The van der Waals surface area contributed by atoms with Gasteiger partial charge in [0.1, 0.15) is 18.2 Å². The lowest BCUT2D eigenvalue weighted by Gasteiger charge is -2.25. The molecule has 1 atom stereocenters. The minimum Gasteiger partial charge on any atom is -0.374 e. The smallest absolute Gasteiger partial charge is 0.158 e. The third kappa shape index (κ3) is 3.92. The Kier molecular flexibility index (Phi) is 5.52. The van der Waals surface area contributed by atoms with Gasteiger partial charge in [-0.15, -0.1) is 11.3 Å². The summed E-state index contributed by atoms with van der Waals surface area (Å²) in [5.41, 5.74) is 0. The molecule has 2 aromatic heterocycles. The second-order valence-electron chi connectivity index (χ2n) is 4.72. The molecule has 1 N–H and O–H groups in total. The predicted octanol–water partition coefficient (Wildman–Crippen LogP) is 3.31. The first kappa shape index (κ1) is 15.7. The number of thiophene rings is 1. The van der Waals surface area contributed by atoms with Gasteiger partial charge in [-0.1, -0.05) is 6.07 Å². The Balaban J connectivity index is 2.24. The summed E-state index contributed by atoms with van der Waals surface area (Å²) in [4.78, 5) is 12.5. The van der Waals surface area contributed by atoms with Gasteiger partial charge in [-0.3, -0.25) is 0 Å². The van der Waals surface area contributed by atoms with E-state index in [0.717, 1.165) is 11.6 Å². The highest BCUT2D eigenvalue weighted by atomic mass is 32.1. The van der Waals surface area contributed by atoms with Gasteiger partial charge in [0.15, 0.2) is 5.82 Å². The number of nitrogens with one attached hydrogen (secondary N) is 1. The van der Waals surface area contributed by atoms with Crippen molar-refractivity contribution in [2.24, 2.45) is 0 Å². The van der Waals surface area contributed by atoms with E-state index in [1.165, 1.54) is 4.88 Å². The maximum absolute atomic E-state index is 5.42. The number of hydrogen-bond donors (Lipinski definition) is 1. The Morgan fingerprint density at radius 3 is 2.86 bits per heavy atom. The third-order valence-electron chi connectivity index (χ3n) is 3.35. The van der Waals surface area contributed by atoms with Crippen LogP contribution in [0.1, 0.15) is 30.6 Å². The lowest BCUT2D eigenvalue weighted by molar-refractivity contribution is 0.128. The van der Waals surface area contributed by atoms with Crippen molar-refractivity contribution in [1.82, 2.24) is 9.97 Å². The van der Waals surface area contributed by atoms with Crippen LogP contribution in [0.15, 0.2) is 23.6 Å². The van der Waals surface area contributed by atoms with Crippen molar-refractivity contribution in [3.8, 4) is 0 Å². The van der Waals surface area contributed by atoms with E-state index in [2.05, 4.69) is 51.7 Å². The predicted molar refractivity (Wildman–Crippen MR) is 88.0 cm³/mol. The Hall–Kier alpha value is -1.66. The molecule has 0 radical (unpaired) electrons. The van der Waals surface area contributed by atoms with Gasteiger partial charge in [0.2, 0.25) is 0 Å². The molecule has 1 unspecified atom stereocenters. The van der Waals surface area contributed by atoms with E-state index in [1.807, 2.05) is 20.0 Å². The Bertz CT molecular complexity index is 559. The molecular weight excluding hydrogens is 284 g/mol. The molecule has 21 heavy (non-hydrogen) atoms. The van der Waals surface area contributed by atoms with Crippen molar-refractivity contribution in [2.75, 3.05) is 30.9 Å². The lowest BCUT2D eigenvalue weighted by atomic mass is 10.2. The first-order valence-corrected chi connectivity index (χ1v) is 7.93. The first-order valence-electron chi connectivity index (χ1n) is 7.05. The number of anilines is 2. The molecule has 0 spiro atoms. The van der Waals surface area contributed by atoms with Gasteiger partial charge in [0.05, 0.1) is 6.04 Å². The summed E-state index contributed by atoms with van der Waals surface area (Å²) in [6, 6.07) is 6.45. The lowest BCUT2D eigenvalue weighted by Crippen LogP contribution is -2.23. The number of nitrogens with zero attached hydrogens (tertiary/aromatic N) is 3. The molecular formula is C15H22N4OS. The fourth-order valence-electron chi connectivity index (χ4n) is 1.97. The molecule has 0 bridgehead atoms. The van der Waals surface area contributed by atoms with Crippen LogP contribution in [0.2, 0.25) is 0 Å². The molecule has 6 heteroatoms. The van der Waals surface area contributed by atoms with Gasteiger partial charge in [-0.2, -0.15) is 0 Å². The van der Waals surface area contributed by atoms with Crippen molar-refractivity contribution in [1.29, 1.82) is 0 Å². The molecule has 0 aliphatic rings. The van der Waals surface area contributed by atoms with Gasteiger partial charge in [-0.25, -0.2) is 9.97 Å². The molecule has 2 aromatic rings. The van der Waals surface area contributed by atoms with Crippen LogP contribution in [0, 0.1) is 0 Å². The summed E-state index contributed by atoms with van der Waals surface area (Å²) in [6.45, 7) is 5.23. The summed E-state index contributed by atoms with van der Waals surface area (Å²) in [6.07, 6.45) is 0. The quantitative estimate of drug-likeness (QED) is 0.850. The highest BCUT2D eigenvalue weighted by Crippen LogP contribution is 2.28. The summed E-state index contributed by atoms with van der Waals surface area (Å²) in [5.74, 6) is 2.40. The molecule has 0 saturated carbocycles. The van der Waals surface area contributed by atoms with Crippen molar-refractivity contribution in [3.05, 3.63) is 34.3 Å². The third-order valence-corrected chi connectivity index (χ3v) is 4.39. The van der Waals surface area contributed by atoms with E-state index in [9.17, 15) is 0 Å². The minimum absolute atomic E-state index is 0.268. The number of aromatic nitrogens is 2. The van der Waals surface area contributed by atoms with Gasteiger partial charge in [-0.05, 0) is 25.3 Å². The minimum atomic E-state index is 0.268. The Labute approximate surface area is 130 Å². The van der Waals surface area contributed by atoms with E-state index in [0.29, 0.717) is 19.0 Å². The summed E-state index contributed by atoms with van der Waals surface area (Å²) in [7, 11) is 3.91. The molecule has 114 valence electrons. The van der Waals surface area contributed by atoms with Gasteiger partial charge >= 0.3 is 0 Å². The highest BCUT2D eigenvalue weighted by Gasteiger charge is 2.16. The number of hydrogen-bond acceptors (Lipinski definition) is 6. The molecule has 0 fully saturated rings. The molecule has 0 amide bonds. The molecule has 0 saturated heterocycles. The molecule has 5 nitrogen and oxygen atoms in total. The van der Waals surface area contributed by atoms with Crippen molar-refractivity contribution in [3.63, 3.8) is 0 Å². The average Bonchev–Trinajstić information content (AvgIpc) is 3.05. The van der Waals surface area contributed by atoms with E-state index >= 15 is 0 Å². The Morgan fingerprint density at radius 1 is 1.43 bits per heavy atom. The van der Waals surface area contributed by atoms with Crippen molar-refractivity contribution >= 4 is 23.0 Å². The summed E-state index contributed by atoms with van der Waals surface area (Å²) in [5, 5.41) is 5.18. The van der Waals surface area contributed by atoms with Crippen molar-refractivity contribution in [2.45, 2.75) is 26.5 Å². The van der Waals surface area contributed by atoms with Crippen molar-refractivity contribution < 1.29 is 4.74 Å². The van der Waals surface area contributed by atoms with E-state index in [4.69, 9.17) is 4.74 Å². The van der Waals surface area contributed by atoms with E-state index in [1.54, 1.807) is 11.3 Å². The molecule has 0 aromatic carbocycles. The molecule has 2 heterocycles. The van der Waals surface area contributed by atoms with Crippen LogP contribution in [0.4, 0.5) is 11.6 Å². The van der Waals surface area contributed by atoms with Crippen LogP contribution < -0.4 is 10.2 Å². The number of ether oxygens (including phenoxy) is 1. The maximum atomic E-state index is 5.42. The zero-order chi connectivity index (χ0) is 15.2. The first-order chi connectivity index (χ1) is 10.2. The SMILES string of the molecule is CCOCc1nc(NC)cc(N(C)C(C)c2cccs2)n1. The zero-order valence-electron chi connectivity index (χ0n) is 13.0. The standard InChI is InChI=1S/C15H22N4OS/c1-5-20-10-14-17-13(16-3)9-15(18-14)19(4)11(2)12-7-6-8-21-12/h6-9,11H,5,10H2,1-4H3,(H,16,17,18). The summed E-state index contributed by atoms with van der Waals surface area (Å²) >= 11 is 1.76. The molecule has 0 aliphatic heterocycles. The monoisotopic (exact) mass is 306 g/mol. The Morgan fingerprint density at radius 2 is 2.24 bits per heavy atom. The van der Waals surface area contributed by atoms with Crippen LogP contribution >= 0.6 is 11.3 Å². The second kappa shape index (κ2) is 7.38. The van der Waals surface area contributed by atoms with Crippen LogP contribution in [0.5, 0.6) is 0 Å². The topological polar surface area (TPSA) is 50.3 Å². The summed E-state index contributed by atoms with van der Waals surface area (Å²) < 4.78 is 5.42. The van der Waals surface area contributed by atoms with Crippen LogP contribution in [0.25, 0.3) is 0 Å². The average molecular weight is 306 g/mol. The molecule has 0 aliphatic carbocycles. The van der Waals surface area contributed by atoms with Crippen LogP contribution in [-0.2, 0) is 11.3 Å². The second-order valence-corrected chi connectivity index (χ2v) is 5.70. The van der Waals surface area contributed by atoms with Gasteiger partial charge < -0.3 is 15.0 Å².